The summed E-state index contributed by atoms with van der Waals surface area (Å²) in [6.45, 7) is 14.5. The van der Waals surface area contributed by atoms with E-state index in [2.05, 4.69) is 77.2 Å². The molecule has 14 heteroatoms. The lowest BCUT2D eigenvalue weighted by atomic mass is 9.85. The van der Waals surface area contributed by atoms with Crippen molar-refractivity contribution < 1.29 is 19.1 Å². The first-order chi connectivity index (χ1) is 25.9. The number of fused-ring (bicyclic) bond motifs is 1. The number of hydrogen-bond donors (Lipinski definition) is 4. The molecule has 3 saturated heterocycles. The van der Waals surface area contributed by atoms with Crippen LogP contribution in [0.2, 0.25) is 0 Å². The van der Waals surface area contributed by atoms with E-state index < -0.39 is 23.5 Å². The number of amides is 3. The molecular formula is C40H58N10O4. The zero-order valence-corrected chi connectivity index (χ0v) is 32.9. The first-order valence-corrected chi connectivity index (χ1v) is 19.3. The van der Waals surface area contributed by atoms with E-state index in [4.69, 9.17) is 4.74 Å². The standard InChI is InChI=1S/C40H58N10O4/c1-26(41-5)37(51)46-35(40(2,3)4)39(53)50-16-8-9-33(50)38(52)45-32-23-30-31(24-34(32)54-7)42-25-43-36(30)44-27-10-12-28(13-11-27)48-19-21-49(22-20-48)29-14-17-47(6)18-15-29/h10-13,23-26,29,33,35,41H,8-9,14-22H2,1-7H3,(H,45,52)(H,46,51)(H,42,43,44)/t26-,33-,35+/m0/s1. The third-order valence-electron chi connectivity index (χ3n) is 11.3. The van der Waals surface area contributed by atoms with Crippen LogP contribution in [-0.4, -0.2) is 134 Å². The van der Waals surface area contributed by atoms with Gasteiger partial charge in [0.15, 0.2) is 0 Å². The van der Waals surface area contributed by atoms with Crippen molar-refractivity contribution in [2.45, 2.75) is 77.5 Å². The number of rotatable bonds is 11. The molecule has 292 valence electrons. The average molecular weight is 743 g/mol. The van der Waals surface area contributed by atoms with Gasteiger partial charge >= 0.3 is 0 Å². The van der Waals surface area contributed by atoms with Gasteiger partial charge in [0.2, 0.25) is 17.7 Å². The summed E-state index contributed by atoms with van der Waals surface area (Å²) in [6, 6.07) is 10.7. The van der Waals surface area contributed by atoms with Crippen LogP contribution in [0.5, 0.6) is 5.75 Å². The summed E-state index contributed by atoms with van der Waals surface area (Å²) >= 11 is 0. The molecule has 6 rings (SSSR count). The quantitative estimate of drug-likeness (QED) is 0.228. The van der Waals surface area contributed by atoms with Crippen LogP contribution in [0, 0.1) is 5.41 Å². The lowest BCUT2D eigenvalue weighted by Crippen LogP contribution is -2.59. The molecule has 2 aromatic carbocycles. The van der Waals surface area contributed by atoms with Crippen molar-refractivity contribution in [1.29, 1.82) is 0 Å². The molecule has 3 amide bonds. The number of anilines is 4. The van der Waals surface area contributed by atoms with Crippen LogP contribution < -0.4 is 30.9 Å². The van der Waals surface area contributed by atoms with Crippen LogP contribution in [-0.2, 0) is 14.4 Å². The lowest BCUT2D eigenvalue weighted by molar-refractivity contribution is -0.143. The van der Waals surface area contributed by atoms with Crippen LogP contribution >= 0.6 is 0 Å². The second-order valence-corrected chi connectivity index (χ2v) is 16.0. The minimum Gasteiger partial charge on any atom is -0.494 e. The van der Waals surface area contributed by atoms with Gasteiger partial charge in [0.05, 0.1) is 24.4 Å². The Morgan fingerprint density at radius 3 is 2.28 bits per heavy atom. The van der Waals surface area contributed by atoms with E-state index >= 15 is 0 Å². The maximum absolute atomic E-state index is 14.0. The van der Waals surface area contributed by atoms with E-state index in [9.17, 15) is 14.4 Å². The van der Waals surface area contributed by atoms with Crippen molar-refractivity contribution in [3.8, 4) is 5.75 Å². The van der Waals surface area contributed by atoms with Crippen LogP contribution in [0.1, 0.15) is 53.4 Å². The third-order valence-corrected chi connectivity index (χ3v) is 11.3. The van der Waals surface area contributed by atoms with Gasteiger partial charge in [0.1, 0.15) is 30.0 Å². The Balaban J connectivity index is 1.14. The minimum atomic E-state index is -0.802. The van der Waals surface area contributed by atoms with E-state index in [1.165, 1.54) is 37.9 Å². The molecule has 0 spiro atoms. The van der Waals surface area contributed by atoms with Crippen LogP contribution in [0.4, 0.5) is 22.9 Å². The van der Waals surface area contributed by atoms with Gasteiger partial charge in [0.25, 0.3) is 0 Å². The number of ether oxygens (including phenoxy) is 1. The van der Waals surface area contributed by atoms with E-state index in [1.807, 2.05) is 26.8 Å². The number of aromatic nitrogens is 2. The first kappa shape index (κ1) is 39.2. The molecule has 3 aliphatic rings. The number of piperazine rings is 1. The first-order valence-electron chi connectivity index (χ1n) is 19.3. The Hall–Kier alpha value is -4.53. The summed E-state index contributed by atoms with van der Waals surface area (Å²) < 4.78 is 5.69. The Labute approximate surface area is 319 Å². The van der Waals surface area contributed by atoms with Gasteiger partial charge < -0.3 is 40.7 Å². The molecule has 3 fully saturated rings. The predicted octanol–water partition coefficient (Wildman–Crippen LogP) is 3.67. The molecule has 3 atom stereocenters. The van der Waals surface area contributed by atoms with Crippen LogP contribution in [0.3, 0.4) is 0 Å². The number of methoxy groups -OCH3 is 1. The maximum atomic E-state index is 14.0. The summed E-state index contributed by atoms with van der Waals surface area (Å²) in [6.07, 6.45) is 5.19. The second-order valence-electron chi connectivity index (χ2n) is 16.0. The number of piperidine rings is 1. The lowest BCUT2D eigenvalue weighted by Gasteiger charge is -2.42. The summed E-state index contributed by atoms with van der Waals surface area (Å²) in [5, 5.41) is 13.0. The van der Waals surface area contributed by atoms with Crippen molar-refractivity contribution in [1.82, 2.24) is 35.3 Å². The number of carbonyl (C=O) groups is 3. The van der Waals surface area contributed by atoms with Crippen LogP contribution in [0.25, 0.3) is 10.9 Å². The molecule has 0 unspecified atom stereocenters. The highest BCUT2D eigenvalue weighted by molar-refractivity contribution is 6.03. The highest BCUT2D eigenvalue weighted by Crippen LogP contribution is 2.35. The SMILES string of the molecule is CN[C@@H](C)C(=O)N[C@H](C(=O)N1CCC[C@H]1C(=O)Nc1cc2c(Nc3ccc(N4CCN(C5CCN(C)CC5)CC4)cc3)ncnc2cc1OC)C(C)(C)C. The molecule has 1 aromatic heterocycles. The van der Waals surface area contributed by atoms with Crippen molar-refractivity contribution >= 4 is 51.5 Å². The number of carbonyl (C=O) groups excluding carboxylic acids is 3. The smallest absolute Gasteiger partial charge is 0.247 e. The second kappa shape index (κ2) is 16.9. The Kier molecular flexibility index (Phi) is 12.2. The van der Waals surface area contributed by atoms with Gasteiger partial charge in [-0.3, -0.25) is 19.3 Å². The molecule has 4 heterocycles. The number of likely N-dealkylation sites (N-methyl/N-ethyl adjacent to an activating group) is 1. The van der Waals surface area contributed by atoms with Crippen molar-refractivity contribution in [3.63, 3.8) is 0 Å². The van der Waals surface area contributed by atoms with Crippen molar-refractivity contribution in [2.75, 3.05) is 82.6 Å². The number of hydrogen-bond acceptors (Lipinski definition) is 11. The highest BCUT2D eigenvalue weighted by Gasteiger charge is 2.42. The van der Waals surface area contributed by atoms with E-state index in [-0.39, 0.29) is 17.7 Å². The Morgan fingerprint density at radius 1 is 0.926 bits per heavy atom. The fourth-order valence-electron chi connectivity index (χ4n) is 7.78. The van der Waals surface area contributed by atoms with Crippen LogP contribution in [0.15, 0.2) is 42.7 Å². The third kappa shape index (κ3) is 8.88. The molecule has 0 bridgehead atoms. The van der Waals surface area contributed by atoms with E-state index in [1.54, 1.807) is 32.0 Å². The molecule has 0 aliphatic carbocycles. The maximum Gasteiger partial charge on any atom is 0.247 e. The molecule has 3 aromatic rings. The molecule has 4 N–H and O–H groups in total. The summed E-state index contributed by atoms with van der Waals surface area (Å²) in [7, 11) is 5.45. The predicted molar refractivity (Wildman–Crippen MR) is 213 cm³/mol. The molecule has 0 saturated carbocycles. The number of benzene rings is 2. The van der Waals surface area contributed by atoms with Gasteiger partial charge in [-0.25, -0.2) is 9.97 Å². The molecule has 0 radical (unpaired) electrons. The zero-order valence-electron chi connectivity index (χ0n) is 32.9. The average Bonchev–Trinajstić information content (AvgIpc) is 3.67. The van der Waals surface area contributed by atoms with Crippen molar-refractivity contribution in [3.05, 3.63) is 42.7 Å². The van der Waals surface area contributed by atoms with E-state index in [0.29, 0.717) is 53.6 Å². The minimum absolute atomic E-state index is 0.272. The Morgan fingerprint density at radius 2 is 1.63 bits per heavy atom. The summed E-state index contributed by atoms with van der Waals surface area (Å²) in [5.41, 5.74) is 2.62. The van der Waals surface area contributed by atoms with Gasteiger partial charge in [-0.05, 0) is 95.5 Å². The molecule has 14 nitrogen and oxygen atoms in total. The van der Waals surface area contributed by atoms with Gasteiger partial charge in [-0.2, -0.15) is 0 Å². The topological polar surface area (TPSA) is 147 Å². The highest BCUT2D eigenvalue weighted by atomic mass is 16.5. The molecule has 3 aliphatic heterocycles. The molecular weight excluding hydrogens is 685 g/mol. The monoisotopic (exact) mass is 742 g/mol. The largest absolute Gasteiger partial charge is 0.494 e. The normalized spacial score (nSPS) is 20.1. The summed E-state index contributed by atoms with van der Waals surface area (Å²) in [4.78, 5) is 58.9. The zero-order chi connectivity index (χ0) is 38.6. The van der Waals surface area contributed by atoms with Gasteiger partial charge in [0, 0.05) is 61.6 Å². The Bertz CT molecular complexity index is 1780. The summed E-state index contributed by atoms with van der Waals surface area (Å²) in [5.74, 6) is 0.164. The van der Waals surface area contributed by atoms with E-state index in [0.717, 1.165) is 31.9 Å². The number of likely N-dealkylation sites (tertiary alicyclic amines) is 2. The molecule has 54 heavy (non-hydrogen) atoms. The number of nitrogens with one attached hydrogen (secondary N) is 4. The fraction of sp³-hybridized carbons (Fsp3) is 0.575. The van der Waals surface area contributed by atoms with Gasteiger partial charge in [-0.15, -0.1) is 0 Å². The fourth-order valence-corrected chi connectivity index (χ4v) is 7.78. The number of nitrogens with zero attached hydrogens (tertiary/aromatic N) is 6. The van der Waals surface area contributed by atoms with Crippen molar-refractivity contribution in [2.24, 2.45) is 5.41 Å². The van der Waals surface area contributed by atoms with Gasteiger partial charge in [-0.1, -0.05) is 20.8 Å².